The third-order valence-corrected chi connectivity index (χ3v) is 3.19. The molecule has 0 spiro atoms. The molecule has 2 rings (SSSR count). The molecule has 0 radical (unpaired) electrons. The number of thioether (sulfide) groups is 1. The van der Waals surface area contributed by atoms with Gasteiger partial charge in [-0.2, -0.15) is 10.1 Å². The Balaban J connectivity index is 1.81. The summed E-state index contributed by atoms with van der Waals surface area (Å²) in [5.41, 5.74) is 3.51. The maximum absolute atomic E-state index is 11.2. The fraction of sp³-hybridized carbons (Fsp3) is 0.231. The van der Waals surface area contributed by atoms with Crippen molar-refractivity contribution in [3.8, 4) is 5.75 Å². The molecule has 1 aromatic carbocycles. The van der Waals surface area contributed by atoms with Gasteiger partial charge in [-0.25, -0.2) is 10.5 Å². The van der Waals surface area contributed by atoms with Gasteiger partial charge in [0.25, 0.3) is 0 Å². The number of anilines is 1. The number of esters is 1. The van der Waals surface area contributed by atoms with E-state index in [-0.39, 0.29) is 17.5 Å². The number of phenolic OH excluding ortho intramolecular Hbond substituents is 1. The predicted molar refractivity (Wildman–Crippen MR) is 83.1 cm³/mol. The average Bonchev–Trinajstić information content (AvgIpc) is 2.95. The normalized spacial score (nSPS) is 10.8. The maximum atomic E-state index is 11.2. The van der Waals surface area contributed by atoms with Crippen LogP contribution >= 0.6 is 11.8 Å². The Bertz CT molecular complexity index is 641. The van der Waals surface area contributed by atoms with E-state index in [0.29, 0.717) is 17.7 Å². The molecule has 0 aliphatic rings. The molecule has 22 heavy (non-hydrogen) atoms. The number of hydrogen-bond donors (Lipinski definition) is 3. The van der Waals surface area contributed by atoms with Crippen LogP contribution in [0.1, 0.15) is 12.5 Å². The third kappa shape index (κ3) is 5.09. The molecule has 116 valence electrons. The Kier molecular flexibility index (Phi) is 5.78. The molecule has 0 saturated carbocycles. The van der Waals surface area contributed by atoms with E-state index in [9.17, 15) is 4.79 Å². The lowest BCUT2D eigenvalue weighted by molar-refractivity contribution is -0.139. The standard InChI is InChI=1S/C13H15N5O3S/c1-2-21-11(20)8-22-13-15-12(17-18-13)16-14-7-9-3-5-10(19)6-4-9/h3-7,19H,2,8H2,1H3,(H2,15,16,17,18)/b14-7+. The van der Waals surface area contributed by atoms with Crippen molar-refractivity contribution in [2.24, 2.45) is 5.10 Å². The molecule has 8 nitrogen and oxygen atoms in total. The first-order valence-corrected chi connectivity index (χ1v) is 7.45. The Hall–Kier alpha value is -2.55. The number of carbonyl (C=O) groups is 1. The highest BCUT2D eigenvalue weighted by Crippen LogP contribution is 2.14. The van der Waals surface area contributed by atoms with Gasteiger partial charge in [0.2, 0.25) is 11.1 Å². The summed E-state index contributed by atoms with van der Waals surface area (Å²) in [7, 11) is 0. The lowest BCUT2D eigenvalue weighted by atomic mass is 10.2. The van der Waals surface area contributed by atoms with Gasteiger partial charge < -0.3 is 9.84 Å². The molecule has 0 bridgehead atoms. The fourth-order valence-electron chi connectivity index (χ4n) is 1.42. The summed E-state index contributed by atoms with van der Waals surface area (Å²) in [6, 6.07) is 6.59. The van der Waals surface area contributed by atoms with Crippen molar-refractivity contribution in [1.82, 2.24) is 15.2 Å². The van der Waals surface area contributed by atoms with Crippen LogP contribution < -0.4 is 5.43 Å². The quantitative estimate of drug-likeness (QED) is 0.307. The Morgan fingerprint density at radius 1 is 1.50 bits per heavy atom. The maximum Gasteiger partial charge on any atom is 0.316 e. The van der Waals surface area contributed by atoms with E-state index in [1.165, 1.54) is 11.8 Å². The molecule has 0 aliphatic heterocycles. The average molecular weight is 321 g/mol. The highest BCUT2D eigenvalue weighted by Gasteiger charge is 2.07. The molecule has 1 heterocycles. The van der Waals surface area contributed by atoms with Gasteiger partial charge in [0, 0.05) is 0 Å². The van der Waals surface area contributed by atoms with E-state index in [1.54, 1.807) is 37.4 Å². The number of benzene rings is 1. The Morgan fingerprint density at radius 3 is 3.00 bits per heavy atom. The second-order valence-electron chi connectivity index (χ2n) is 4.02. The van der Waals surface area contributed by atoms with Crippen LogP contribution in [0, 0.1) is 0 Å². The summed E-state index contributed by atoms with van der Waals surface area (Å²) in [6.45, 7) is 2.11. The highest BCUT2D eigenvalue weighted by atomic mass is 32.2. The first-order valence-electron chi connectivity index (χ1n) is 6.46. The number of nitrogens with one attached hydrogen (secondary N) is 2. The monoisotopic (exact) mass is 321 g/mol. The van der Waals surface area contributed by atoms with E-state index in [2.05, 4.69) is 25.7 Å². The number of nitrogens with zero attached hydrogens (tertiary/aromatic N) is 3. The summed E-state index contributed by atoms with van der Waals surface area (Å²) < 4.78 is 4.81. The zero-order chi connectivity index (χ0) is 15.8. The number of H-pyrrole nitrogens is 1. The van der Waals surface area contributed by atoms with Crippen molar-refractivity contribution in [1.29, 1.82) is 0 Å². The van der Waals surface area contributed by atoms with Gasteiger partial charge >= 0.3 is 5.97 Å². The first kappa shape index (κ1) is 15.8. The van der Waals surface area contributed by atoms with Crippen LogP contribution in [-0.4, -0.2) is 44.8 Å². The number of carbonyl (C=O) groups excluding carboxylic acids is 1. The number of phenols is 1. The van der Waals surface area contributed by atoms with Crippen molar-refractivity contribution >= 4 is 29.9 Å². The van der Waals surface area contributed by atoms with Crippen LogP contribution in [0.5, 0.6) is 5.75 Å². The summed E-state index contributed by atoms with van der Waals surface area (Å²) >= 11 is 1.17. The molecule has 1 aromatic heterocycles. The number of hydrogen-bond acceptors (Lipinski definition) is 8. The van der Waals surface area contributed by atoms with Crippen LogP contribution in [-0.2, 0) is 9.53 Å². The number of aromatic amines is 1. The number of ether oxygens (including phenoxy) is 1. The van der Waals surface area contributed by atoms with E-state index >= 15 is 0 Å². The summed E-state index contributed by atoms with van der Waals surface area (Å²) in [4.78, 5) is 15.3. The summed E-state index contributed by atoms with van der Waals surface area (Å²) in [5.74, 6) is 0.407. The second-order valence-corrected chi connectivity index (χ2v) is 4.96. The molecule has 9 heteroatoms. The number of aromatic hydroxyl groups is 1. The second kappa shape index (κ2) is 8.03. The number of aromatic nitrogens is 3. The Labute approximate surface area is 131 Å². The van der Waals surface area contributed by atoms with Crippen LogP contribution in [0.3, 0.4) is 0 Å². The SMILES string of the molecule is CCOC(=O)CSc1n[nH]c(N/N=C/c2ccc(O)cc2)n1. The van der Waals surface area contributed by atoms with E-state index in [1.807, 2.05) is 0 Å². The molecule has 0 saturated heterocycles. The fourth-order valence-corrected chi connectivity index (χ4v) is 2.01. The van der Waals surface area contributed by atoms with Gasteiger partial charge in [0.1, 0.15) is 5.75 Å². The van der Waals surface area contributed by atoms with Gasteiger partial charge in [-0.15, -0.1) is 5.10 Å². The van der Waals surface area contributed by atoms with Crippen LogP contribution in [0.2, 0.25) is 0 Å². The highest BCUT2D eigenvalue weighted by molar-refractivity contribution is 7.99. The van der Waals surface area contributed by atoms with E-state index in [0.717, 1.165) is 5.56 Å². The summed E-state index contributed by atoms with van der Waals surface area (Å²) in [6.07, 6.45) is 1.58. The van der Waals surface area contributed by atoms with E-state index < -0.39 is 0 Å². The molecule has 0 fully saturated rings. The van der Waals surface area contributed by atoms with Gasteiger partial charge in [-0.3, -0.25) is 4.79 Å². The first-order chi connectivity index (χ1) is 10.7. The molecule has 2 aromatic rings. The molecule has 0 atom stereocenters. The minimum atomic E-state index is -0.308. The van der Waals surface area contributed by atoms with Crippen molar-refractivity contribution in [2.75, 3.05) is 17.8 Å². The van der Waals surface area contributed by atoms with Crippen molar-refractivity contribution in [3.63, 3.8) is 0 Å². The predicted octanol–water partition coefficient (Wildman–Crippen LogP) is 1.61. The smallest absolute Gasteiger partial charge is 0.316 e. The van der Waals surface area contributed by atoms with E-state index in [4.69, 9.17) is 9.84 Å². The summed E-state index contributed by atoms with van der Waals surface area (Å²) in [5, 5.41) is 20.2. The van der Waals surface area contributed by atoms with Gasteiger partial charge in [-0.1, -0.05) is 11.8 Å². The lowest BCUT2D eigenvalue weighted by Crippen LogP contribution is -2.06. The van der Waals surface area contributed by atoms with Crippen LogP contribution in [0.4, 0.5) is 5.95 Å². The third-order valence-electron chi connectivity index (χ3n) is 2.37. The molecular weight excluding hydrogens is 306 g/mol. The topological polar surface area (TPSA) is 112 Å². The van der Waals surface area contributed by atoms with Crippen molar-refractivity contribution < 1.29 is 14.6 Å². The Morgan fingerprint density at radius 2 is 2.27 bits per heavy atom. The van der Waals surface area contributed by atoms with Crippen LogP contribution in [0.25, 0.3) is 0 Å². The van der Waals surface area contributed by atoms with Crippen molar-refractivity contribution in [2.45, 2.75) is 12.1 Å². The molecular formula is C13H15N5O3S. The van der Waals surface area contributed by atoms with Crippen LogP contribution in [0.15, 0.2) is 34.5 Å². The number of hydrazone groups is 1. The zero-order valence-electron chi connectivity index (χ0n) is 11.8. The van der Waals surface area contributed by atoms with Gasteiger partial charge in [0.05, 0.1) is 18.6 Å². The molecule has 0 amide bonds. The van der Waals surface area contributed by atoms with Crippen molar-refractivity contribution in [3.05, 3.63) is 29.8 Å². The minimum absolute atomic E-state index is 0.155. The minimum Gasteiger partial charge on any atom is -0.508 e. The molecule has 3 N–H and O–H groups in total. The molecule has 0 aliphatic carbocycles. The molecule has 0 unspecified atom stereocenters. The van der Waals surface area contributed by atoms with Gasteiger partial charge in [-0.05, 0) is 36.8 Å². The van der Waals surface area contributed by atoms with Gasteiger partial charge in [0.15, 0.2) is 0 Å². The number of rotatable bonds is 7. The zero-order valence-corrected chi connectivity index (χ0v) is 12.6. The lowest BCUT2D eigenvalue weighted by Gasteiger charge is -1.98. The largest absolute Gasteiger partial charge is 0.508 e.